The molecule has 6 N–H and O–H groups in total. The number of hydrogen-bond acceptors (Lipinski definition) is 6. The van der Waals surface area contributed by atoms with E-state index in [9.17, 15) is 10.4 Å². The molecule has 0 amide bonds. The highest BCUT2D eigenvalue weighted by Gasteiger charge is 2.15. The Kier molecular flexibility index (Phi) is 1.30. The van der Waals surface area contributed by atoms with Gasteiger partial charge in [0.15, 0.2) is 0 Å². The first kappa shape index (κ1) is 7.12. The van der Waals surface area contributed by atoms with Crippen LogP contribution in [0.25, 0.3) is 0 Å². The third-order valence-corrected chi connectivity index (χ3v) is 1.06. The summed E-state index contributed by atoms with van der Waals surface area (Å²) in [5.74, 6) is -1.55. The number of nitrogens with zero attached hydrogens (tertiary/aromatic N) is 3. The van der Waals surface area contributed by atoms with E-state index in [0.29, 0.717) is 0 Å². The maximum atomic E-state index is 10.7. The van der Waals surface area contributed by atoms with Gasteiger partial charge in [0.05, 0.1) is 0 Å². The van der Waals surface area contributed by atoms with Gasteiger partial charge in [-0.25, -0.2) is 0 Å². The van der Waals surface area contributed by atoms with Crippen molar-refractivity contribution in [3.63, 3.8) is 0 Å². The first-order valence-corrected chi connectivity index (χ1v) is 2.57. The van der Waals surface area contributed by atoms with E-state index in [-0.39, 0.29) is 9.46 Å². The highest BCUT2D eigenvalue weighted by Crippen LogP contribution is 1.92. The molecular weight excluding hydrogens is 152 g/mol. The predicted molar refractivity (Wildman–Crippen MR) is 35.4 cm³/mol. The molecule has 0 aliphatic heterocycles. The molecule has 11 heavy (non-hydrogen) atoms. The van der Waals surface area contributed by atoms with Crippen molar-refractivity contribution < 1.29 is 9.46 Å². The zero-order valence-electron chi connectivity index (χ0n) is 5.39. The van der Waals surface area contributed by atoms with Crippen molar-refractivity contribution in [1.29, 1.82) is 0 Å². The first-order chi connectivity index (χ1) is 5.04. The lowest BCUT2D eigenvalue weighted by Gasteiger charge is -2.09. The Morgan fingerprint density at radius 3 is 1.73 bits per heavy atom. The van der Waals surface area contributed by atoms with E-state index < -0.39 is 17.8 Å². The van der Waals surface area contributed by atoms with Crippen LogP contribution in [0.5, 0.6) is 0 Å². The molecule has 0 bridgehead atoms. The van der Waals surface area contributed by atoms with Crippen LogP contribution in [0, 0.1) is 10.4 Å². The van der Waals surface area contributed by atoms with Crippen molar-refractivity contribution in [1.82, 2.24) is 4.98 Å². The Labute approximate surface area is 61.0 Å². The first-order valence-electron chi connectivity index (χ1n) is 2.57. The summed E-state index contributed by atoms with van der Waals surface area (Å²) in [6, 6.07) is 0. The molecule has 0 saturated heterocycles. The predicted octanol–water partition coefficient (Wildman–Crippen LogP) is -2.91. The fourth-order valence-electron chi connectivity index (χ4n) is 0.525. The Morgan fingerprint density at radius 2 is 1.36 bits per heavy atom. The van der Waals surface area contributed by atoms with Crippen molar-refractivity contribution in [2.45, 2.75) is 0 Å². The summed E-state index contributed by atoms with van der Waals surface area (Å²) in [6.45, 7) is 0. The molecule has 0 saturated carbocycles. The highest BCUT2D eigenvalue weighted by molar-refractivity contribution is 5.19. The third-order valence-electron chi connectivity index (χ3n) is 1.06. The quantitative estimate of drug-likeness (QED) is 0.272. The van der Waals surface area contributed by atoms with Crippen molar-refractivity contribution in [3.05, 3.63) is 10.4 Å². The fourth-order valence-corrected chi connectivity index (χ4v) is 0.525. The Hall–Kier alpha value is -1.99. The van der Waals surface area contributed by atoms with Gasteiger partial charge in [0.1, 0.15) is 0 Å². The minimum Gasteiger partial charge on any atom is -0.724 e. The summed E-state index contributed by atoms with van der Waals surface area (Å²) in [4.78, 5) is 3.21. The number of nitrogen functional groups attached to an aromatic ring is 3. The van der Waals surface area contributed by atoms with Gasteiger partial charge in [0.2, 0.25) is 0 Å². The topological polar surface area (TPSA) is 145 Å². The second-order valence-electron chi connectivity index (χ2n) is 1.78. The smallest absolute Gasteiger partial charge is 0.438 e. The van der Waals surface area contributed by atoms with Gasteiger partial charge in [-0.1, -0.05) is 0 Å². The Bertz CT molecular complexity index is 272. The largest absolute Gasteiger partial charge is 0.724 e. The monoisotopic (exact) mass is 158 g/mol. The van der Waals surface area contributed by atoms with Gasteiger partial charge < -0.3 is 16.1 Å². The van der Waals surface area contributed by atoms with E-state index in [0.717, 1.165) is 0 Å². The molecule has 8 nitrogen and oxygen atoms in total. The average Bonchev–Trinajstić information content (AvgIpc) is 1.97. The minimum atomic E-state index is -0.644. The van der Waals surface area contributed by atoms with Gasteiger partial charge in [0.25, 0.3) is 0 Å². The standard InChI is InChI=1S/C3H6N6O2/c4-1-7-2(5)9(11)3(6)8(1)10/h6H2,(H4,4,5,7). The van der Waals surface area contributed by atoms with Crippen LogP contribution < -0.4 is 26.7 Å². The molecule has 0 unspecified atom stereocenters. The van der Waals surface area contributed by atoms with Gasteiger partial charge in [-0.3, -0.25) is 11.5 Å². The van der Waals surface area contributed by atoms with E-state index in [2.05, 4.69) is 4.98 Å². The number of nitrogens with two attached hydrogens (primary N) is 3. The summed E-state index contributed by atoms with van der Waals surface area (Å²) < 4.78 is -0.0211. The van der Waals surface area contributed by atoms with Crippen LogP contribution >= 0.6 is 0 Å². The van der Waals surface area contributed by atoms with Crippen LogP contribution in [0.15, 0.2) is 0 Å². The van der Waals surface area contributed by atoms with Gasteiger partial charge in [-0.05, 0) is 0 Å². The van der Waals surface area contributed by atoms with Crippen molar-refractivity contribution in [2.24, 2.45) is 0 Å². The van der Waals surface area contributed by atoms with Crippen LogP contribution in [-0.4, -0.2) is 4.98 Å². The molecule has 0 aliphatic carbocycles. The van der Waals surface area contributed by atoms with Crippen molar-refractivity contribution >= 4 is 17.8 Å². The highest BCUT2D eigenvalue weighted by atomic mass is 16.5. The lowest BCUT2D eigenvalue weighted by Crippen LogP contribution is -2.50. The number of hydrogen-bond donors (Lipinski definition) is 3. The van der Waals surface area contributed by atoms with Crippen LogP contribution in [0.4, 0.5) is 17.8 Å². The number of rotatable bonds is 0. The molecule has 0 fully saturated rings. The van der Waals surface area contributed by atoms with E-state index in [1.54, 1.807) is 0 Å². The van der Waals surface area contributed by atoms with Crippen LogP contribution in [0.2, 0.25) is 0 Å². The summed E-state index contributed by atoms with van der Waals surface area (Å²) in [7, 11) is 0. The molecule has 1 aromatic rings. The van der Waals surface area contributed by atoms with Gasteiger partial charge in [0, 0.05) is 4.98 Å². The molecule has 1 rings (SSSR count). The van der Waals surface area contributed by atoms with Gasteiger partial charge >= 0.3 is 17.8 Å². The van der Waals surface area contributed by atoms with E-state index in [4.69, 9.17) is 17.2 Å². The summed E-state index contributed by atoms with van der Waals surface area (Å²) in [6.07, 6.45) is 0. The summed E-state index contributed by atoms with van der Waals surface area (Å²) in [5.41, 5.74) is 15.0. The molecule has 60 valence electrons. The third kappa shape index (κ3) is 0.892. The second-order valence-corrected chi connectivity index (χ2v) is 1.78. The van der Waals surface area contributed by atoms with E-state index >= 15 is 0 Å². The molecular formula is C3H6N6O2. The summed E-state index contributed by atoms with van der Waals surface area (Å²) in [5, 5.41) is 21.3. The van der Waals surface area contributed by atoms with E-state index in [1.165, 1.54) is 0 Å². The maximum Gasteiger partial charge on any atom is 0.438 e. The molecule has 8 heteroatoms. The zero-order valence-corrected chi connectivity index (χ0v) is 5.39. The lowest BCUT2D eigenvalue weighted by atomic mass is 10.8. The Morgan fingerprint density at radius 1 is 1.00 bits per heavy atom. The van der Waals surface area contributed by atoms with Crippen LogP contribution in [0.3, 0.4) is 0 Å². The molecule has 0 aliphatic rings. The van der Waals surface area contributed by atoms with Gasteiger partial charge in [-0.15, -0.1) is 0 Å². The number of aromatic nitrogens is 3. The molecule has 0 atom stereocenters. The van der Waals surface area contributed by atoms with Crippen molar-refractivity contribution in [3.8, 4) is 0 Å². The molecule has 0 aromatic carbocycles. The van der Waals surface area contributed by atoms with Crippen LogP contribution in [-0.2, 0) is 0 Å². The zero-order chi connectivity index (χ0) is 8.59. The molecule has 1 heterocycles. The van der Waals surface area contributed by atoms with Crippen LogP contribution in [0.1, 0.15) is 0 Å². The average molecular weight is 158 g/mol. The number of anilines is 3. The molecule has 0 spiro atoms. The molecule has 1 aromatic heterocycles. The van der Waals surface area contributed by atoms with Crippen molar-refractivity contribution in [2.75, 3.05) is 17.2 Å². The maximum absolute atomic E-state index is 10.7. The normalized spacial score (nSPS) is 9.82. The summed E-state index contributed by atoms with van der Waals surface area (Å²) >= 11 is 0. The lowest BCUT2D eigenvalue weighted by molar-refractivity contribution is -0.707. The second kappa shape index (κ2) is 2.01. The molecule has 0 radical (unpaired) electrons. The SMILES string of the molecule is Nc1nc(N)[n+]([O-])c(N)[n+]1[O-]. The minimum absolute atomic E-state index is 0.0106. The van der Waals surface area contributed by atoms with Gasteiger partial charge in [-0.2, -0.15) is 9.46 Å². The Balaban J connectivity index is 3.46. The van der Waals surface area contributed by atoms with E-state index in [1.807, 2.05) is 0 Å². The fraction of sp³-hybridized carbons (Fsp3) is 0.